The number of rotatable bonds is 3. The largest absolute Gasteiger partial charge is 0.486 e. The Balaban J connectivity index is 1.39. The molecule has 1 amide bonds. The Morgan fingerprint density at radius 3 is 2.69 bits per heavy atom. The van der Waals surface area contributed by atoms with Gasteiger partial charge in [-0.15, -0.1) is 0 Å². The standard InChI is InChI=1S/C19H24N2O3S2/c22-18(13-26-19(25)20-7-1-2-8-20)21-9-3-4-15(21)14-5-6-16-17(12-14)24-11-10-23-16/h5-6,12,15H,1-4,7-11,13H2. The molecule has 3 heterocycles. The summed E-state index contributed by atoms with van der Waals surface area (Å²) >= 11 is 6.99. The summed E-state index contributed by atoms with van der Waals surface area (Å²) in [5.74, 6) is 2.19. The number of carbonyl (C=O) groups excluding carboxylic acids is 1. The summed E-state index contributed by atoms with van der Waals surface area (Å²) in [6.07, 6.45) is 4.43. The average Bonchev–Trinajstić information content (AvgIpc) is 3.37. The topological polar surface area (TPSA) is 42.0 Å². The van der Waals surface area contributed by atoms with Crippen molar-refractivity contribution < 1.29 is 14.3 Å². The van der Waals surface area contributed by atoms with Crippen LogP contribution in [0.2, 0.25) is 0 Å². The fourth-order valence-electron chi connectivity index (χ4n) is 3.88. The van der Waals surface area contributed by atoms with Gasteiger partial charge in [-0.3, -0.25) is 4.79 Å². The third-order valence-electron chi connectivity index (χ3n) is 5.21. The molecule has 2 saturated heterocycles. The Hall–Kier alpha value is -1.47. The van der Waals surface area contributed by atoms with E-state index in [0.717, 1.165) is 53.9 Å². The Morgan fingerprint density at radius 1 is 1.12 bits per heavy atom. The van der Waals surface area contributed by atoms with E-state index in [-0.39, 0.29) is 11.9 Å². The molecule has 7 heteroatoms. The van der Waals surface area contributed by atoms with Crippen molar-refractivity contribution in [2.24, 2.45) is 0 Å². The summed E-state index contributed by atoms with van der Waals surface area (Å²) in [4.78, 5) is 17.0. The van der Waals surface area contributed by atoms with Crippen LogP contribution in [0.5, 0.6) is 11.5 Å². The summed E-state index contributed by atoms with van der Waals surface area (Å²) in [5, 5.41) is 0. The number of hydrogen-bond acceptors (Lipinski definition) is 5. The van der Waals surface area contributed by atoms with E-state index in [2.05, 4.69) is 11.0 Å². The van der Waals surface area contributed by atoms with E-state index < -0.39 is 0 Å². The maximum atomic E-state index is 12.8. The van der Waals surface area contributed by atoms with Crippen molar-refractivity contribution in [1.29, 1.82) is 0 Å². The SMILES string of the molecule is O=C(CSC(=S)N1CCCC1)N1CCCC1c1ccc2c(c1)OCCO2. The zero-order chi connectivity index (χ0) is 17.9. The van der Waals surface area contributed by atoms with Gasteiger partial charge in [-0.25, -0.2) is 0 Å². The number of amides is 1. The minimum Gasteiger partial charge on any atom is -0.486 e. The van der Waals surface area contributed by atoms with E-state index in [4.69, 9.17) is 21.7 Å². The molecule has 3 aliphatic rings. The molecule has 0 aliphatic carbocycles. The summed E-state index contributed by atoms with van der Waals surface area (Å²) in [6.45, 7) is 4.05. The van der Waals surface area contributed by atoms with E-state index in [0.29, 0.717) is 19.0 Å². The van der Waals surface area contributed by atoms with Gasteiger partial charge < -0.3 is 19.3 Å². The maximum absolute atomic E-state index is 12.8. The second kappa shape index (κ2) is 8.05. The number of likely N-dealkylation sites (tertiary alicyclic amines) is 2. The van der Waals surface area contributed by atoms with Crippen LogP contribution in [0, 0.1) is 0 Å². The molecule has 26 heavy (non-hydrogen) atoms. The monoisotopic (exact) mass is 392 g/mol. The molecule has 0 aromatic heterocycles. The van der Waals surface area contributed by atoms with Crippen molar-refractivity contribution in [3.8, 4) is 11.5 Å². The van der Waals surface area contributed by atoms with Crippen LogP contribution in [0.3, 0.4) is 0 Å². The average molecular weight is 393 g/mol. The number of thioether (sulfide) groups is 1. The van der Waals surface area contributed by atoms with Crippen molar-refractivity contribution in [2.45, 2.75) is 31.7 Å². The molecule has 4 rings (SSSR count). The number of fused-ring (bicyclic) bond motifs is 1. The van der Waals surface area contributed by atoms with E-state index in [1.807, 2.05) is 17.0 Å². The second-order valence-electron chi connectivity index (χ2n) is 6.90. The zero-order valence-corrected chi connectivity index (χ0v) is 16.4. The molecule has 0 bridgehead atoms. The Morgan fingerprint density at radius 2 is 1.88 bits per heavy atom. The fourth-order valence-corrected chi connectivity index (χ4v) is 5.01. The summed E-state index contributed by atoms with van der Waals surface area (Å²) < 4.78 is 12.2. The highest BCUT2D eigenvalue weighted by Gasteiger charge is 2.31. The van der Waals surface area contributed by atoms with Crippen molar-refractivity contribution in [1.82, 2.24) is 9.80 Å². The molecule has 140 valence electrons. The molecule has 1 unspecified atom stereocenters. The molecule has 1 aromatic rings. The summed E-state index contributed by atoms with van der Waals surface area (Å²) in [5.41, 5.74) is 1.13. The highest BCUT2D eigenvalue weighted by atomic mass is 32.2. The Bertz CT molecular complexity index is 691. The zero-order valence-electron chi connectivity index (χ0n) is 14.8. The molecule has 3 aliphatic heterocycles. The molecule has 5 nitrogen and oxygen atoms in total. The molecule has 0 saturated carbocycles. The van der Waals surface area contributed by atoms with E-state index in [9.17, 15) is 4.79 Å². The first kappa shape index (κ1) is 17.9. The van der Waals surface area contributed by atoms with Gasteiger partial charge in [0.2, 0.25) is 5.91 Å². The van der Waals surface area contributed by atoms with Crippen LogP contribution in [0.25, 0.3) is 0 Å². The van der Waals surface area contributed by atoms with Crippen LogP contribution in [0.4, 0.5) is 0 Å². The van der Waals surface area contributed by atoms with Gasteiger partial charge >= 0.3 is 0 Å². The summed E-state index contributed by atoms with van der Waals surface area (Å²) in [6, 6.07) is 6.18. The van der Waals surface area contributed by atoms with Crippen molar-refractivity contribution >= 4 is 34.2 Å². The van der Waals surface area contributed by atoms with Gasteiger partial charge in [-0.05, 0) is 43.4 Å². The second-order valence-corrected chi connectivity index (χ2v) is 8.51. The number of thiocarbonyl (C=S) groups is 1. The quantitative estimate of drug-likeness (QED) is 0.736. The van der Waals surface area contributed by atoms with E-state index >= 15 is 0 Å². The first-order chi connectivity index (χ1) is 12.7. The van der Waals surface area contributed by atoms with Crippen molar-refractivity contribution in [3.63, 3.8) is 0 Å². The number of benzene rings is 1. The lowest BCUT2D eigenvalue weighted by Crippen LogP contribution is -2.33. The predicted octanol–water partition coefficient (Wildman–Crippen LogP) is 3.24. The summed E-state index contributed by atoms with van der Waals surface area (Å²) in [7, 11) is 0. The molecular formula is C19H24N2O3S2. The Kier molecular flexibility index (Phi) is 5.55. The van der Waals surface area contributed by atoms with Gasteiger partial charge in [0.05, 0.1) is 11.8 Å². The third kappa shape index (κ3) is 3.78. The van der Waals surface area contributed by atoms with Crippen molar-refractivity contribution in [3.05, 3.63) is 23.8 Å². The van der Waals surface area contributed by atoms with Crippen LogP contribution in [-0.2, 0) is 4.79 Å². The number of ether oxygens (including phenoxy) is 2. The predicted molar refractivity (Wildman–Crippen MR) is 107 cm³/mol. The molecular weight excluding hydrogens is 368 g/mol. The van der Waals surface area contributed by atoms with Gasteiger partial charge in [0.25, 0.3) is 0 Å². The molecule has 1 aromatic carbocycles. The normalized spacial score (nSPS) is 21.9. The number of hydrogen-bond donors (Lipinski definition) is 0. The fraction of sp³-hybridized carbons (Fsp3) is 0.579. The molecule has 0 radical (unpaired) electrons. The lowest BCUT2D eigenvalue weighted by molar-refractivity contribution is -0.129. The van der Waals surface area contributed by atoms with Crippen LogP contribution in [0.1, 0.15) is 37.3 Å². The van der Waals surface area contributed by atoms with E-state index in [1.165, 1.54) is 24.6 Å². The van der Waals surface area contributed by atoms with Crippen LogP contribution >= 0.6 is 24.0 Å². The number of nitrogens with zero attached hydrogens (tertiary/aromatic N) is 2. The van der Waals surface area contributed by atoms with Crippen LogP contribution in [0.15, 0.2) is 18.2 Å². The minimum atomic E-state index is 0.124. The van der Waals surface area contributed by atoms with Gasteiger partial charge in [0.1, 0.15) is 17.5 Å². The molecule has 0 N–H and O–H groups in total. The first-order valence-electron chi connectivity index (χ1n) is 9.33. The third-order valence-corrected chi connectivity index (χ3v) is 6.72. The van der Waals surface area contributed by atoms with Gasteiger partial charge in [-0.2, -0.15) is 0 Å². The number of carbonyl (C=O) groups is 1. The van der Waals surface area contributed by atoms with Crippen LogP contribution in [-0.4, -0.2) is 58.6 Å². The van der Waals surface area contributed by atoms with Crippen LogP contribution < -0.4 is 9.47 Å². The van der Waals surface area contributed by atoms with Gasteiger partial charge in [-0.1, -0.05) is 30.0 Å². The van der Waals surface area contributed by atoms with E-state index in [1.54, 1.807) is 0 Å². The minimum absolute atomic E-state index is 0.124. The smallest absolute Gasteiger partial charge is 0.233 e. The maximum Gasteiger partial charge on any atom is 0.233 e. The lowest BCUT2D eigenvalue weighted by atomic mass is 10.0. The van der Waals surface area contributed by atoms with Gasteiger partial charge in [0, 0.05) is 19.6 Å². The molecule has 2 fully saturated rings. The van der Waals surface area contributed by atoms with Crippen molar-refractivity contribution in [2.75, 3.05) is 38.6 Å². The highest BCUT2D eigenvalue weighted by molar-refractivity contribution is 8.23. The first-order valence-corrected chi connectivity index (χ1v) is 10.7. The molecule has 1 atom stereocenters. The Labute approximate surface area is 164 Å². The lowest BCUT2D eigenvalue weighted by Gasteiger charge is -2.27. The molecule has 0 spiro atoms. The van der Waals surface area contributed by atoms with Gasteiger partial charge in [0.15, 0.2) is 11.5 Å². The highest BCUT2D eigenvalue weighted by Crippen LogP contribution is 2.38.